The van der Waals surface area contributed by atoms with Crippen LogP contribution < -0.4 is 10.5 Å². The van der Waals surface area contributed by atoms with E-state index >= 15 is 0 Å². The minimum atomic E-state index is -0.298. The van der Waals surface area contributed by atoms with E-state index in [4.69, 9.17) is 10.5 Å². The fraction of sp³-hybridized carbons (Fsp3) is 0.400. The minimum Gasteiger partial charge on any atom is -0.487 e. The van der Waals surface area contributed by atoms with E-state index in [0.717, 1.165) is 5.69 Å². The van der Waals surface area contributed by atoms with Crippen molar-refractivity contribution in [1.29, 1.82) is 0 Å². The van der Waals surface area contributed by atoms with E-state index in [2.05, 4.69) is 9.55 Å². The molecule has 1 atom stereocenters. The van der Waals surface area contributed by atoms with Gasteiger partial charge in [-0.05, 0) is 38.0 Å². The molecule has 106 valence electrons. The lowest BCUT2D eigenvalue weighted by molar-refractivity contribution is 0.290. The summed E-state index contributed by atoms with van der Waals surface area (Å²) >= 11 is 0. The highest BCUT2D eigenvalue weighted by atomic mass is 19.1. The fourth-order valence-electron chi connectivity index (χ4n) is 2.28. The second kappa shape index (κ2) is 5.25. The fourth-order valence-corrected chi connectivity index (χ4v) is 2.28. The zero-order chi connectivity index (χ0) is 14.1. The van der Waals surface area contributed by atoms with Gasteiger partial charge in [0.15, 0.2) is 0 Å². The van der Waals surface area contributed by atoms with E-state index in [9.17, 15) is 4.39 Å². The molecule has 1 aromatic heterocycles. The van der Waals surface area contributed by atoms with Crippen LogP contribution in [0.3, 0.4) is 0 Å². The molecule has 0 bridgehead atoms. The van der Waals surface area contributed by atoms with Gasteiger partial charge in [0.05, 0.1) is 18.2 Å². The second-order valence-electron chi connectivity index (χ2n) is 5.28. The first kappa shape index (κ1) is 13.1. The topological polar surface area (TPSA) is 53.1 Å². The van der Waals surface area contributed by atoms with Gasteiger partial charge < -0.3 is 15.0 Å². The smallest absolute Gasteiger partial charge is 0.130 e. The highest BCUT2D eigenvalue weighted by molar-refractivity contribution is 5.36. The van der Waals surface area contributed by atoms with E-state index in [-0.39, 0.29) is 11.9 Å². The zero-order valence-corrected chi connectivity index (χ0v) is 11.4. The number of nitrogens with two attached hydrogens (primary N) is 1. The predicted octanol–water partition coefficient (Wildman–Crippen LogP) is 2.96. The summed E-state index contributed by atoms with van der Waals surface area (Å²) in [5.41, 5.74) is 7.57. The Bertz CT molecular complexity index is 605. The molecule has 20 heavy (non-hydrogen) atoms. The Hall–Kier alpha value is -1.88. The number of imidazole rings is 1. The Morgan fingerprint density at radius 1 is 1.50 bits per heavy atom. The van der Waals surface area contributed by atoms with Crippen LogP contribution in [0.5, 0.6) is 5.75 Å². The van der Waals surface area contributed by atoms with Gasteiger partial charge in [-0.25, -0.2) is 9.37 Å². The number of halogens is 1. The molecule has 3 rings (SSSR count). The number of nitrogens with zero attached hydrogens (tertiary/aromatic N) is 2. The van der Waals surface area contributed by atoms with E-state index in [1.54, 1.807) is 6.07 Å². The third-order valence-corrected chi connectivity index (χ3v) is 3.52. The van der Waals surface area contributed by atoms with Gasteiger partial charge in [0.1, 0.15) is 18.2 Å². The van der Waals surface area contributed by atoms with Crippen LogP contribution in [0.25, 0.3) is 0 Å². The Kier molecular flexibility index (Phi) is 3.44. The van der Waals surface area contributed by atoms with Gasteiger partial charge in [0.25, 0.3) is 0 Å². The van der Waals surface area contributed by atoms with Crippen molar-refractivity contribution in [3.05, 3.63) is 47.8 Å². The highest BCUT2D eigenvalue weighted by Crippen LogP contribution is 2.36. The number of hydrogen-bond donors (Lipinski definition) is 1. The maximum atomic E-state index is 13.3. The average molecular weight is 275 g/mol. The van der Waals surface area contributed by atoms with Crippen molar-refractivity contribution >= 4 is 0 Å². The lowest BCUT2D eigenvalue weighted by Gasteiger charge is -2.14. The Labute approximate surface area is 117 Å². The first-order valence-corrected chi connectivity index (χ1v) is 6.83. The van der Waals surface area contributed by atoms with Crippen molar-refractivity contribution in [1.82, 2.24) is 9.55 Å². The molecule has 0 aliphatic heterocycles. The summed E-state index contributed by atoms with van der Waals surface area (Å²) in [6.45, 7) is 2.23. The molecule has 1 aliphatic carbocycles. The van der Waals surface area contributed by atoms with Gasteiger partial charge in [-0.2, -0.15) is 0 Å². The van der Waals surface area contributed by atoms with Crippen molar-refractivity contribution in [2.75, 3.05) is 0 Å². The van der Waals surface area contributed by atoms with Crippen LogP contribution in [0.1, 0.15) is 43.1 Å². The molecule has 2 aromatic rings. The van der Waals surface area contributed by atoms with Crippen molar-refractivity contribution in [3.63, 3.8) is 0 Å². The molecule has 0 saturated heterocycles. The largest absolute Gasteiger partial charge is 0.487 e. The van der Waals surface area contributed by atoms with Gasteiger partial charge in [-0.3, -0.25) is 0 Å². The summed E-state index contributed by atoms with van der Waals surface area (Å²) in [6.07, 6.45) is 6.05. The zero-order valence-electron chi connectivity index (χ0n) is 11.4. The molecule has 0 amide bonds. The van der Waals surface area contributed by atoms with E-state index in [1.165, 1.54) is 25.0 Å². The van der Waals surface area contributed by atoms with Gasteiger partial charge in [-0.15, -0.1) is 0 Å². The van der Waals surface area contributed by atoms with E-state index in [1.807, 2.05) is 19.4 Å². The molecule has 2 N–H and O–H groups in total. The number of ether oxygens (including phenoxy) is 1. The van der Waals surface area contributed by atoms with Gasteiger partial charge in [-0.1, -0.05) is 0 Å². The van der Waals surface area contributed by atoms with Crippen LogP contribution in [0.4, 0.5) is 4.39 Å². The first-order chi connectivity index (χ1) is 9.65. The monoisotopic (exact) mass is 275 g/mol. The SMILES string of the molecule is C[C@@H](N)c1cc(F)ccc1OCc1cncn1C1CC1. The quantitative estimate of drug-likeness (QED) is 0.912. The summed E-state index contributed by atoms with van der Waals surface area (Å²) in [6, 6.07) is 4.75. The third-order valence-electron chi connectivity index (χ3n) is 3.52. The summed E-state index contributed by atoms with van der Waals surface area (Å²) in [4.78, 5) is 4.17. The number of hydrogen-bond acceptors (Lipinski definition) is 3. The summed E-state index contributed by atoms with van der Waals surface area (Å²) in [5, 5.41) is 0. The molecule has 5 heteroatoms. The Morgan fingerprint density at radius 3 is 3.00 bits per heavy atom. The van der Waals surface area contributed by atoms with Crippen molar-refractivity contribution in [2.24, 2.45) is 5.73 Å². The summed E-state index contributed by atoms with van der Waals surface area (Å²) in [7, 11) is 0. The Morgan fingerprint density at radius 2 is 2.30 bits per heavy atom. The summed E-state index contributed by atoms with van der Waals surface area (Å²) in [5.74, 6) is 0.331. The van der Waals surface area contributed by atoms with E-state index in [0.29, 0.717) is 24.0 Å². The maximum Gasteiger partial charge on any atom is 0.130 e. The molecule has 4 nitrogen and oxygen atoms in total. The van der Waals surface area contributed by atoms with Crippen LogP contribution in [-0.2, 0) is 6.61 Å². The molecule has 0 radical (unpaired) electrons. The number of benzene rings is 1. The summed E-state index contributed by atoms with van der Waals surface area (Å²) < 4.78 is 21.2. The molecule has 0 unspecified atom stereocenters. The highest BCUT2D eigenvalue weighted by Gasteiger charge is 2.25. The molecule has 1 heterocycles. The molecule has 1 fully saturated rings. The number of aromatic nitrogens is 2. The third kappa shape index (κ3) is 2.67. The molecule has 1 aliphatic rings. The molecule has 1 aromatic carbocycles. The van der Waals surface area contributed by atoms with Crippen LogP contribution >= 0.6 is 0 Å². The van der Waals surface area contributed by atoms with Gasteiger partial charge in [0.2, 0.25) is 0 Å². The average Bonchev–Trinajstić information content (AvgIpc) is 3.16. The van der Waals surface area contributed by atoms with Crippen LogP contribution in [-0.4, -0.2) is 9.55 Å². The first-order valence-electron chi connectivity index (χ1n) is 6.83. The maximum absolute atomic E-state index is 13.3. The van der Waals surface area contributed by atoms with Gasteiger partial charge >= 0.3 is 0 Å². The van der Waals surface area contributed by atoms with Gasteiger partial charge in [0, 0.05) is 17.6 Å². The van der Waals surface area contributed by atoms with Crippen molar-refractivity contribution in [3.8, 4) is 5.75 Å². The normalized spacial score (nSPS) is 16.1. The minimum absolute atomic E-state index is 0.269. The predicted molar refractivity (Wildman–Crippen MR) is 73.8 cm³/mol. The Balaban J connectivity index is 1.76. The van der Waals surface area contributed by atoms with Crippen LogP contribution in [0, 0.1) is 5.82 Å². The van der Waals surface area contributed by atoms with Crippen LogP contribution in [0.2, 0.25) is 0 Å². The standard InChI is InChI=1S/C15H18FN3O/c1-10(17)14-6-11(16)2-5-15(14)20-8-13-7-18-9-19(13)12-3-4-12/h2,5-7,9-10,12H,3-4,8,17H2,1H3/t10-/m1/s1. The lowest BCUT2D eigenvalue weighted by atomic mass is 10.1. The molecular weight excluding hydrogens is 257 g/mol. The number of rotatable bonds is 5. The molecule has 0 spiro atoms. The van der Waals surface area contributed by atoms with Crippen LogP contribution in [0.15, 0.2) is 30.7 Å². The van der Waals surface area contributed by atoms with E-state index < -0.39 is 0 Å². The lowest BCUT2D eigenvalue weighted by Crippen LogP contribution is -2.10. The molecule has 1 saturated carbocycles. The molecular formula is C15H18FN3O. The second-order valence-corrected chi connectivity index (χ2v) is 5.28. The van der Waals surface area contributed by atoms with Crippen molar-refractivity contribution in [2.45, 2.75) is 38.5 Å². The van der Waals surface area contributed by atoms with Crippen molar-refractivity contribution < 1.29 is 9.13 Å².